The summed E-state index contributed by atoms with van der Waals surface area (Å²) in [7, 11) is 0. The first-order valence-corrected chi connectivity index (χ1v) is 6.37. The Morgan fingerprint density at radius 1 is 1.29 bits per heavy atom. The Morgan fingerprint density at radius 3 is 2.52 bits per heavy atom. The first kappa shape index (κ1) is 15.1. The lowest BCUT2D eigenvalue weighted by Crippen LogP contribution is -2.18. The third-order valence-corrected chi connectivity index (χ3v) is 2.78. The minimum Gasteiger partial charge on any atom is -0.494 e. The number of aryl methyl sites for hydroxylation is 1. The first-order chi connectivity index (χ1) is 9.90. The van der Waals surface area contributed by atoms with Crippen LogP contribution in [0.3, 0.4) is 0 Å². The van der Waals surface area contributed by atoms with Gasteiger partial charge in [-0.05, 0) is 31.2 Å². The number of ether oxygens (including phenoxy) is 1. The number of alkyl halides is 3. The number of benzene rings is 1. The van der Waals surface area contributed by atoms with Crippen molar-refractivity contribution in [1.29, 1.82) is 0 Å². The quantitative estimate of drug-likeness (QED) is 0.923. The molecule has 0 amide bonds. The zero-order chi connectivity index (χ0) is 15.5. The highest BCUT2D eigenvalue weighted by Crippen LogP contribution is 2.22. The normalized spacial score (nSPS) is 11.6. The van der Waals surface area contributed by atoms with Gasteiger partial charge in [0.25, 0.3) is 0 Å². The summed E-state index contributed by atoms with van der Waals surface area (Å²) in [5.41, 5.74) is -0.134. The van der Waals surface area contributed by atoms with Crippen LogP contribution >= 0.6 is 0 Å². The Bertz CT molecular complexity index is 644. The Hall–Kier alpha value is -2.25. The van der Waals surface area contributed by atoms with Gasteiger partial charge in [-0.25, -0.2) is 14.5 Å². The van der Waals surface area contributed by atoms with Gasteiger partial charge in [-0.15, -0.1) is 0 Å². The molecular formula is C13H14F3N3O2. The van der Waals surface area contributed by atoms with Crippen LogP contribution in [0.4, 0.5) is 13.2 Å². The van der Waals surface area contributed by atoms with Crippen LogP contribution in [0.25, 0.3) is 5.69 Å². The van der Waals surface area contributed by atoms with Gasteiger partial charge in [-0.3, -0.25) is 0 Å². The van der Waals surface area contributed by atoms with Crippen LogP contribution in [-0.2, 0) is 6.42 Å². The maximum atomic E-state index is 12.3. The molecule has 0 unspecified atom stereocenters. The van der Waals surface area contributed by atoms with Crippen LogP contribution in [-0.4, -0.2) is 27.5 Å². The Labute approximate surface area is 118 Å². The highest BCUT2D eigenvalue weighted by Gasteiger charge is 2.28. The van der Waals surface area contributed by atoms with Crippen molar-refractivity contribution in [3.63, 3.8) is 0 Å². The molecule has 0 aliphatic carbocycles. The summed E-state index contributed by atoms with van der Waals surface area (Å²) in [5.74, 6) is 0.663. The monoisotopic (exact) mass is 301 g/mol. The standard InChI is InChI=1S/C13H14F3N3O2/c1-2-21-10-5-3-9(4-6-10)19-11(17-18-12(19)20)7-8-13(14,15)16/h3-6H,2,7-8H2,1H3,(H,18,20). The van der Waals surface area contributed by atoms with Crippen LogP contribution in [0.1, 0.15) is 19.2 Å². The van der Waals surface area contributed by atoms with Crippen LogP contribution in [0, 0.1) is 0 Å². The van der Waals surface area contributed by atoms with E-state index in [9.17, 15) is 18.0 Å². The summed E-state index contributed by atoms with van der Waals surface area (Å²) in [6.07, 6.45) is -5.69. The molecule has 8 heteroatoms. The second-order valence-corrected chi connectivity index (χ2v) is 4.32. The van der Waals surface area contributed by atoms with E-state index in [4.69, 9.17) is 4.74 Å². The molecule has 5 nitrogen and oxygen atoms in total. The minimum absolute atomic E-state index is 0.0430. The largest absolute Gasteiger partial charge is 0.494 e. The van der Waals surface area contributed by atoms with Crippen molar-refractivity contribution in [2.45, 2.75) is 25.9 Å². The number of rotatable bonds is 5. The zero-order valence-electron chi connectivity index (χ0n) is 11.3. The topological polar surface area (TPSA) is 59.9 Å². The van der Waals surface area contributed by atoms with E-state index >= 15 is 0 Å². The number of aromatic nitrogens is 3. The molecule has 1 heterocycles. The fraction of sp³-hybridized carbons (Fsp3) is 0.385. The van der Waals surface area contributed by atoms with E-state index in [2.05, 4.69) is 10.2 Å². The van der Waals surface area contributed by atoms with Crippen molar-refractivity contribution >= 4 is 0 Å². The summed E-state index contributed by atoms with van der Waals surface area (Å²) in [6.45, 7) is 2.34. The van der Waals surface area contributed by atoms with Gasteiger partial charge in [-0.1, -0.05) is 0 Å². The lowest BCUT2D eigenvalue weighted by atomic mass is 10.2. The summed E-state index contributed by atoms with van der Waals surface area (Å²) < 4.78 is 43.2. The van der Waals surface area contributed by atoms with Crippen molar-refractivity contribution < 1.29 is 17.9 Å². The molecule has 1 aromatic carbocycles. The Balaban J connectivity index is 2.26. The second-order valence-electron chi connectivity index (χ2n) is 4.32. The van der Waals surface area contributed by atoms with Crippen molar-refractivity contribution in [3.8, 4) is 11.4 Å². The number of nitrogens with one attached hydrogen (secondary N) is 1. The van der Waals surface area contributed by atoms with Crippen molar-refractivity contribution in [2.24, 2.45) is 0 Å². The van der Waals surface area contributed by atoms with Gasteiger partial charge in [0.2, 0.25) is 0 Å². The molecule has 0 radical (unpaired) electrons. The highest BCUT2D eigenvalue weighted by molar-refractivity contribution is 5.38. The minimum atomic E-state index is -4.29. The smallest absolute Gasteiger partial charge is 0.389 e. The van der Waals surface area contributed by atoms with Crippen LogP contribution in [0.5, 0.6) is 5.75 Å². The second kappa shape index (κ2) is 6.02. The van der Waals surface area contributed by atoms with E-state index in [1.165, 1.54) is 0 Å². The molecular weight excluding hydrogens is 287 g/mol. The van der Waals surface area contributed by atoms with Gasteiger partial charge in [0.15, 0.2) is 0 Å². The van der Waals surface area contributed by atoms with Gasteiger partial charge in [0.05, 0.1) is 18.7 Å². The molecule has 114 valence electrons. The lowest BCUT2D eigenvalue weighted by Gasteiger charge is -2.09. The number of halogens is 3. The number of hydrogen-bond acceptors (Lipinski definition) is 3. The van der Waals surface area contributed by atoms with E-state index in [-0.39, 0.29) is 12.2 Å². The molecule has 2 rings (SSSR count). The number of H-pyrrole nitrogens is 1. The van der Waals surface area contributed by atoms with Crippen molar-refractivity contribution in [3.05, 3.63) is 40.6 Å². The number of aromatic amines is 1. The zero-order valence-corrected chi connectivity index (χ0v) is 11.3. The molecule has 1 N–H and O–H groups in total. The molecule has 0 aliphatic rings. The molecule has 0 spiro atoms. The molecule has 0 fully saturated rings. The van der Waals surface area contributed by atoms with Gasteiger partial charge in [0, 0.05) is 6.42 Å². The third kappa shape index (κ3) is 3.87. The van der Waals surface area contributed by atoms with Gasteiger partial charge < -0.3 is 4.74 Å². The molecule has 1 aromatic heterocycles. The Morgan fingerprint density at radius 2 is 1.95 bits per heavy atom. The fourth-order valence-corrected chi connectivity index (χ4v) is 1.88. The average Bonchev–Trinajstić information content (AvgIpc) is 2.78. The number of nitrogens with zero attached hydrogens (tertiary/aromatic N) is 2. The van der Waals surface area contributed by atoms with Crippen LogP contribution in [0.2, 0.25) is 0 Å². The predicted octanol–water partition coefficient (Wildman–Crippen LogP) is 2.45. The summed E-state index contributed by atoms with van der Waals surface area (Å²) in [5, 5.41) is 5.82. The molecule has 0 atom stereocenters. The van der Waals surface area contributed by atoms with Gasteiger partial charge in [0.1, 0.15) is 11.6 Å². The Kier molecular flexibility index (Phi) is 4.35. The van der Waals surface area contributed by atoms with E-state index in [0.29, 0.717) is 18.0 Å². The van der Waals surface area contributed by atoms with E-state index in [1.54, 1.807) is 24.3 Å². The van der Waals surface area contributed by atoms with E-state index < -0.39 is 18.3 Å². The van der Waals surface area contributed by atoms with Gasteiger partial charge >= 0.3 is 11.9 Å². The van der Waals surface area contributed by atoms with Crippen LogP contribution < -0.4 is 10.4 Å². The molecule has 0 bridgehead atoms. The maximum Gasteiger partial charge on any atom is 0.389 e. The highest BCUT2D eigenvalue weighted by atomic mass is 19.4. The fourth-order valence-electron chi connectivity index (χ4n) is 1.88. The summed E-state index contributed by atoms with van der Waals surface area (Å²) in [4.78, 5) is 11.7. The van der Waals surface area contributed by atoms with Gasteiger partial charge in [-0.2, -0.15) is 18.3 Å². The average molecular weight is 301 g/mol. The molecule has 21 heavy (non-hydrogen) atoms. The third-order valence-electron chi connectivity index (χ3n) is 2.78. The van der Waals surface area contributed by atoms with Crippen LogP contribution in [0.15, 0.2) is 29.1 Å². The molecule has 0 aliphatic heterocycles. The van der Waals surface area contributed by atoms with E-state index in [0.717, 1.165) is 4.57 Å². The summed E-state index contributed by atoms with van der Waals surface area (Å²) >= 11 is 0. The lowest BCUT2D eigenvalue weighted by molar-refractivity contribution is -0.134. The van der Waals surface area contributed by atoms with Crippen molar-refractivity contribution in [1.82, 2.24) is 14.8 Å². The van der Waals surface area contributed by atoms with Crippen molar-refractivity contribution in [2.75, 3.05) is 6.61 Å². The molecule has 0 saturated heterocycles. The first-order valence-electron chi connectivity index (χ1n) is 6.37. The number of hydrogen-bond donors (Lipinski definition) is 1. The predicted molar refractivity (Wildman–Crippen MR) is 69.7 cm³/mol. The SMILES string of the molecule is CCOc1ccc(-n2c(CCC(F)(F)F)n[nH]c2=O)cc1. The molecule has 2 aromatic rings. The maximum absolute atomic E-state index is 12.3. The molecule has 0 saturated carbocycles. The van der Waals surface area contributed by atoms with E-state index in [1.807, 2.05) is 6.92 Å². The summed E-state index contributed by atoms with van der Waals surface area (Å²) in [6, 6.07) is 6.48.